The summed E-state index contributed by atoms with van der Waals surface area (Å²) in [6, 6.07) is 18.3. The number of benzene rings is 2. The van der Waals surface area contributed by atoms with E-state index in [1.165, 1.54) is 5.56 Å². The molecular weight excluding hydrogens is 420 g/mol. The first-order valence-corrected chi connectivity index (χ1v) is 10.7. The zero-order valence-corrected chi connectivity index (χ0v) is 19.1. The van der Waals surface area contributed by atoms with E-state index in [4.69, 9.17) is 9.47 Å². The summed E-state index contributed by atoms with van der Waals surface area (Å²) in [5.41, 5.74) is 3.94. The number of rotatable bonds is 10. The maximum absolute atomic E-state index is 12.6. The quantitative estimate of drug-likeness (QED) is 0.379. The van der Waals surface area contributed by atoms with E-state index in [0.29, 0.717) is 11.1 Å². The highest BCUT2D eigenvalue weighted by atomic mass is 16.5. The van der Waals surface area contributed by atoms with Crippen LogP contribution in [0.3, 0.4) is 0 Å². The highest BCUT2D eigenvalue weighted by Crippen LogP contribution is 2.18. The van der Waals surface area contributed by atoms with Crippen molar-refractivity contribution < 1.29 is 23.9 Å². The van der Waals surface area contributed by atoms with Crippen LogP contribution in [0.5, 0.6) is 5.75 Å². The van der Waals surface area contributed by atoms with Gasteiger partial charge in [0.15, 0.2) is 6.61 Å². The molecular formula is C26H28N2O5. The van der Waals surface area contributed by atoms with Crippen LogP contribution in [0.2, 0.25) is 0 Å². The fraction of sp³-hybridized carbons (Fsp3) is 0.269. The average molecular weight is 449 g/mol. The summed E-state index contributed by atoms with van der Waals surface area (Å²) in [4.78, 5) is 36.6. The molecule has 0 bridgehead atoms. The monoisotopic (exact) mass is 448 g/mol. The van der Waals surface area contributed by atoms with Gasteiger partial charge in [-0.25, -0.2) is 0 Å². The number of hydrogen-bond donors (Lipinski definition) is 1. The van der Waals surface area contributed by atoms with E-state index < -0.39 is 5.97 Å². The lowest BCUT2D eigenvalue weighted by atomic mass is 10.1. The van der Waals surface area contributed by atoms with E-state index in [1.807, 2.05) is 44.2 Å². The van der Waals surface area contributed by atoms with Gasteiger partial charge in [0.2, 0.25) is 5.78 Å². The number of Topliss-reactive ketones (excluding diaryl/α,β-unsaturated/α-hetero) is 1. The van der Waals surface area contributed by atoms with Crippen molar-refractivity contribution in [2.24, 2.45) is 0 Å². The molecule has 33 heavy (non-hydrogen) atoms. The molecule has 0 aliphatic carbocycles. The van der Waals surface area contributed by atoms with Gasteiger partial charge in [-0.1, -0.05) is 30.3 Å². The van der Waals surface area contributed by atoms with Crippen LogP contribution in [0.1, 0.15) is 37.7 Å². The molecule has 7 nitrogen and oxygen atoms in total. The Labute approximate surface area is 193 Å². The number of ether oxygens (including phenoxy) is 2. The highest BCUT2D eigenvalue weighted by Gasteiger charge is 2.18. The minimum atomic E-state index is -0.666. The minimum absolute atomic E-state index is 0.276. The van der Waals surface area contributed by atoms with E-state index in [1.54, 1.807) is 37.4 Å². The predicted molar refractivity (Wildman–Crippen MR) is 125 cm³/mol. The fourth-order valence-corrected chi connectivity index (χ4v) is 3.58. The van der Waals surface area contributed by atoms with Gasteiger partial charge in [-0.15, -0.1) is 0 Å². The van der Waals surface area contributed by atoms with Gasteiger partial charge in [0.1, 0.15) is 12.3 Å². The highest BCUT2D eigenvalue weighted by molar-refractivity contribution is 6.00. The van der Waals surface area contributed by atoms with Gasteiger partial charge in [0, 0.05) is 29.1 Å². The van der Waals surface area contributed by atoms with E-state index in [0.717, 1.165) is 30.1 Å². The van der Waals surface area contributed by atoms with Crippen molar-refractivity contribution in [3.8, 4) is 5.75 Å². The van der Waals surface area contributed by atoms with Crippen LogP contribution >= 0.6 is 0 Å². The zero-order chi connectivity index (χ0) is 23.8. The molecule has 0 spiro atoms. The zero-order valence-electron chi connectivity index (χ0n) is 19.1. The second-order valence-electron chi connectivity index (χ2n) is 7.67. The molecule has 0 saturated carbocycles. The van der Waals surface area contributed by atoms with Crippen molar-refractivity contribution in [2.45, 2.75) is 26.8 Å². The van der Waals surface area contributed by atoms with Gasteiger partial charge >= 0.3 is 5.97 Å². The lowest BCUT2D eigenvalue weighted by molar-refractivity contribution is -0.141. The van der Waals surface area contributed by atoms with Crippen molar-refractivity contribution in [1.82, 2.24) is 9.88 Å². The lowest BCUT2D eigenvalue weighted by Crippen LogP contribution is -2.31. The van der Waals surface area contributed by atoms with Gasteiger partial charge in [-0.05, 0) is 56.2 Å². The van der Waals surface area contributed by atoms with Crippen LogP contribution < -0.4 is 10.1 Å². The Bertz CT molecular complexity index is 1120. The Hall–Kier alpha value is -3.87. The topological polar surface area (TPSA) is 86.6 Å². The number of carbonyl (C=O) groups is 3. The molecule has 0 atom stereocenters. The molecule has 3 aromatic rings. The third kappa shape index (κ3) is 6.32. The third-order valence-electron chi connectivity index (χ3n) is 5.45. The standard InChI is InChI=1S/C26H28N2O5/c1-18-15-23(19(2)28(18)14-13-20-9-11-22(32-3)12-10-20)24(29)17-33-25(30)16-27-26(31)21-7-5-4-6-8-21/h4-12,15H,13-14,16-17H2,1-3H3,(H,27,31). The molecule has 1 amide bonds. The molecule has 0 radical (unpaired) electrons. The molecule has 2 aromatic carbocycles. The molecule has 0 aliphatic rings. The normalized spacial score (nSPS) is 10.5. The van der Waals surface area contributed by atoms with Crippen LogP contribution in [-0.2, 0) is 22.5 Å². The molecule has 1 aromatic heterocycles. The number of carbonyl (C=O) groups excluding carboxylic acids is 3. The van der Waals surface area contributed by atoms with Gasteiger partial charge in [0.25, 0.3) is 5.91 Å². The van der Waals surface area contributed by atoms with Crippen LogP contribution in [0.25, 0.3) is 0 Å². The number of nitrogens with zero attached hydrogens (tertiary/aromatic N) is 1. The molecule has 0 unspecified atom stereocenters. The Balaban J connectivity index is 1.51. The molecule has 0 saturated heterocycles. The van der Waals surface area contributed by atoms with Crippen molar-refractivity contribution >= 4 is 17.7 Å². The third-order valence-corrected chi connectivity index (χ3v) is 5.45. The Morgan fingerprint density at radius 1 is 0.970 bits per heavy atom. The number of hydrogen-bond acceptors (Lipinski definition) is 5. The SMILES string of the molecule is COc1ccc(CCn2c(C)cc(C(=O)COC(=O)CNC(=O)c3ccccc3)c2C)cc1. The molecule has 7 heteroatoms. The molecule has 1 N–H and O–H groups in total. The number of aryl methyl sites for hydroxylation is 2. The smallest absolute Gasteiger partial charge is 0.325 e. The van der Waals surface area contributed by atoms with E-state index >= 15 is 0 Å². The average Bonchev–Trinajstić information content (AvgIpc) is 3.13. The van der Waals surface area contributed by atoms with Crippen LogP contribution in [0.15, 0.2) is 60.7 Å². The molecule has 0 aliphatic heterocycles. The maximum Gasteiger partial charge on any atom is 0.325 e. The summed E-state index contributed by atoms with van der Waals surface area (Å²) in [7, 11) is 1.64. The Morgan fingerprint density at radius 2 is 1.67 bits per heavy atom. The number of esters is 1. The summed E-state index contributed by atoms with van der Waals surface area (Å²) in [6.45, 7) is 3.88. The minimum Gasteiger partial charge on any atom is -0.497 e. The number of aromatic nitrogens is 1. The largest absolute Gasteiger partial charge is 0.497 e. The van der Waals surface area contributed by atoms with Crippen LogP contribution in [0.4, 0.5) is 0 Å². The molecule has 1 heterocycles. The van der Waals surface area contributed by atoms with E-state index in [-0.39, 0.29) is 24.8 Å². The molecule has 172 valence electrons. The lowest BCUT2D eigenvalue weighted by Gasteiger charge is -2.10. The first-order valence-electron chi connectivity index (χ1n) is 10.7. The van der Waals surface area contributed by atoms with Gasteiger partial charge in [-0.2, -0.15) is 0 Å². The number of methoxy groups -OCH3 is 1. The van der Waals surface area contributed by atoms with Crippen molar-refractivity contribution in [2.75, 3.05) is 20.3 Å². The van der Waals surface area contributed by atoms with E-state index in [2.05, 4.69) is 9.88 Å². The molecule has 3 rings (SSSR count). The number of nitrogens with one attached hydrogen (secondary N) is 1. The Morgan fingerprint density at radius 3 is 2.33 bits per heavy atom. The van der Waals surface area contributed by atoms with Crippen LogP contribution in [-0.4, -0.2) is 42.5 Å². The number of ketones is 1. The van der Waals surface area contributed by atoms with Gasteiger partial charge in [0.05, 0.1) is 7.11 Å². The van der Waals surface area contributed by atoms with Crippen molar-refractivity contribution in [1.29, 1.82) is 0 Å². The number of amides is 1. The predicted octanol–water partition coefficient (Wildman–Crippen LogP) is 3.51. The summed E-state index contributed by atoms with van der Waals surface area (Å²) < 4.78 is 12.3. The Kier molecular flexibility index (Phi) is 8.02. The van der Waals surface area contributed by atoms with E-state index in [9.17, 15) is 14.4 Å². The van der Waals surface area contributed by atoms with Crippen molar-refractivity contribution in [3.63, 3.8) is 0 Å². The second kappa shape index (κ2) is 11.1. The summed E-state index contributed by atoms with van der Waals surface area (Å²) in [5, 5.41) is 2.49. The first kappa shape index (κ1) is 23.8. The first-order chi connectivity index (χ1) is 15.9. The van der Waals surface area contributed by atoms with Crippen LogP contribution in [0, 0.1) is 13.8 Å². The fourth-order valence-electron chi connectivity index (χ4n) is 3.58. The summed E-state index contributed by atoms with van der Waals surface area (Å²) in [5.74, 6) is -0.504. The summed E-state index contributed by atoms with van der Waals surface area (Å²) >= 11 is 0. The summed E-state index contributed by atoms with van der Waals surface area (Å²) in [6.07, 6.45) is 0.810. The van der Waals surface area contributed by atoms with Crippen molar-refractivity contribution in [3.05, 3.63) is 88.7 Å². The van der Waals surface area contributed by atoms with Gasteiger partial charge in [-0.3, -0.25) is 14.4 Å². The second-order valence-corrected chi connectivity index (χ2v) is 7.67. The maximum atomic E-state index is 12.6. The molecule has 0 fully saturated rings. The van der Waals surface area contributed by atoms with Gasteiger partial charge < -0.3 is 19.4 Å².